The zero-order chi connectivity index (χ0) is 11.7. The van der Waals surface area contributed by atoms with E-state index in [0.29, 0.717) is 25.7 Å². The second-order valence-electron chi connectivity index (χ2n) is 4.23. The Morgan fingerprint density at radius 3 is 2.40 bits per heavy atom. The van der Waals surface area contributed by atoms with Gasteiger partial charge >= 0.3 is 5.97 Å². The quantitative estimate of drug-likeness (QED) is 0.710. The Morgan fingerprint density at radius 1 is 1.53 bits per heavy atom. The van der Waals surface area contributed by atoms with Crippen molar-refractivity contribution in [3.8, 4) is 0 Å². The van der Waals surface area contributed by atoms with Crippen LogP contribution < -0.4 is 4.72 Å². The van der Waals surface area contributed by atoms with Gasteiger partial charge in [0, 0.05) is 0 Å². The molecule has 1 fully saturated rings. The zero-order valence-electron chi connectivity index (χ0n) is 8.99. The molecule has 0 aromatic heterocycles. The molecule has 0 heterocycles. The van der Waals surface area contributed by atoms with Crippen molar-refractivity contribution >= 4 is 16.0 Å². The Kier molecular flexibility index (Phi) is 3.40. The molecule has 88 valence electrons. The lowest BCUT2D eigenvalue weighted by molar-refractivity contribution is -0.143. The van der Waals surface area contributed by atoms with Crippen LogP contribution in [-0.2, 0) is 14.8 Å². The first kappa shape index (κ1) is 12.4. The number of rotatable bonds is 6. The molecule has 1 unspecified atom stereocenters. The Balaban J connectivity index is 2.78. The summed E-state index contributed by atoms with van der Waals surface area (Å²) in [7, 11) is -3.44. The van der Waals surface area contributed by atoms with E-state index in [-0.39, 0.29) is 5.25 Å². The average molecular weight is 235 g/mol. The Morgan fingerprint density at radius 2 is 2.07 bits per heavy atom. The fourth-order valence-corrected chi connectivity index (χ4v) is 3.22. The first-order valence-electron chi connectivity index (χ1n) is 5.08. The van der Waals surface area contributed by atoms with Gasteiger partial charge in [0.05, 0.1) is 5.25 Å². The van der Waals surface area contributed by atoms with E-state index >= 15 is 0 Å². The maximum absolute atomic E-state index is 11.6. The topological polar surface area (TPSA) is 83.5 Å². The fourth-order valence-electron chi connectivity index (χ4n) is 1.48. The van der Waals surface area contributed by atoms with E-state index in [1.54, 1.807) is 0 Å². The van der Waals surface area contributed by atoms with Crippen molar-refractivity contribution in [2.75, 3.05) is 0 Å². The Bertz CT molecular complexity index is 347. The van der Waals surface area contributed by atoms with Crippen LogP contribution in [0.2, 0.25) is 0 Å². The van der Waals surface area contributed by atoms with Gasteiger partial charge in [-0.15, -0.1) is 0 Å². The van der Waals surface area contributed by atoms with E-state index < -0.39 is 21.5 Å². The lowest BCUT2D eigenvalue weighted by Crippen LogP contribution is -2.52. The summed E-state index contributed by atoms with van der Waals surface area (Å²) in [6, 6.07) is 0. The third-order valence-corrected chi connectivity index (χ3v) is 4.64. The molecule has 0 aromatic carbocycles. The van der Waals surface area contributed by atoms with Gasteiger partial charge in [0.2, 0.25) is 10.0 Å². The summed E-state index contributed by atoms with van der Waals surface area (Å²) < 4.78 is 25.5. The minimum absolute atomic E-state index is 0.300. The second-order valence-corrected chi connectivity index (χ2v) is 6.19. The maximum Gasteiger partial charge on any atom is 0.324 e. The second kappa shape index (κ2) is 4.09. The highest BCUT2D eigenvalue weighted by Gasteiger charge is 2.43. The molecule has 1 aliphatic rings. The molecule has 1 aliphatic carbocycles. The third kappa shape index (κ3) is 2.92. The zero-order valence-corrected chi connectivity index (χ0v) is 9.80. The van der Waals surface area contributed by atoms with Crippen molar-refractivity contribution in [2.24, 2.45) is 0 Å². The minimum atomic E-state index is -3.44. The Hall–Kier alpha value is -0.620. The number of carboxylic acid groups (broad SMARTS) is 1. The minimum Gasteiger partial charge on any atom is -0.480 e. The van der Waals surface area contributed by atoms with Crippen LogP contribution in [0.1, 0.15) is 39.5 Å². The molecule has 1 atom stereocenters. The van der Waals surface area contributed by atoms with E-state index in [4.69, 9.17) is 5.11 Å². The van der Waals surface area contributed by atoms with Gasteiger partial charge in [0.25, 0.3) is 0 Å². The summed E-state index contributed by atoms with van der Waals surface area (Å²) in [6.07, 6.45) is 2.19. The van der Waals surface area contributed by atoms with Crippen LogP contribution in [0.15, 0.2) is 0 Å². The molecule has 5 nitrogen and oxygen atoms in total. The third-order valence-electron chi connectivity index (χ3n) is 2.55. The van der Waals surface area contributed by atoms with Gasteiger partial charge in [0.15, 0.2) is 0 Å². The van der Waals surface area contributed by atoms with Crippen LogP contribution in [0, 0.1) is 0 Å². The summed E-state index contributed by atoms with van der Waals surface area (Å²) in [6.45, 7) is 3.24. The van der Waals surface area contributed by atoms with Gasteiger partial charge < -0.3 is 5.11 Å². The number of carbonyl (C=O) groups is 1. The largest absolute Gasteiger partial charge is 0.480 e. The first-order chi connectivity index (χ1) is 6.82. The molecule has 6 heteroatoms. The highest BCUT2D eigenvalue weighted by atomic mass is 32.2. The number of hydrogen-bond donors (Lipinski definition) is 2. The molecule has 0 spiro atoms. The molecule has 0 amide bonds. The maximum atomic E-state index is 11.6. The molecule has 15 heavy (non-hydrogen) atoms. The highest BCUT2D eigenvalue weighted by molar-refractivity contribution is 7.90. The van der Waals surface area contributed by atoms with Crippen molar-refractivity contribution in [1.29, 1.82) is 0 Å². The number of aliphatic carboxylic acids is 1. The standard InChI is InChI=1S/C9H17NO4S/c1-3-6-9(2,8(11)12)10-15(13,14)7-4-5-7/h7,10H,3-6H2,1-2H3,(H,11,12). The highest BCUT2D eigenvalue weighted by Crippen LogP contribution is 2.29. The predicted octanol–water partition coefficient (Wildman–Crippen LogP) is 0.712. The van der Waals surface area contributed by atoms with Crippen molar-refractivity contribution in [3.05, 3.63) is 0 Å². The summed E-state index contributed by atoms with van der Waals surface area (Å²) in [5.41, 5.74) is -1.36. The van der Waals surface area contributed by atoms with Crippen LogP contribution >= 0.6 is 0 Å². The number of hydrogen-bond acceptors (Lipinski definition) is 3. The van der Waals surface area contributed by atoms with Gasteiger partial charge in [-0.2, -0.15) is 4.72 Å². The first-order valence-corrected chi connectivity index (χ1v) is 6.62. The molecular weight excluding hydrogens is 218 g/mol. The van der Waals surface area contributed by atoms with Crippen molar-refractivity contribution in [1.82, 2.24) is 4.72 Å². The average Bonchev–Trinajstić information content (AvgIpc) is 2.84. The fraction of sp³-hybridized carbons (Fsp3) is 0.889. The monoisotopic (exact) mass is 235 g/mol. The van der Waals surface area contributed by atoms with E-state index in [1.807, 2.05) is 6.92 Å². The number of carboxylic acids is 1. The normalized spacial score (nSPS) is 20.9. The molecule has 1 rings (SSSR count). The summed E-state index contributed by atoms with van der Waals surface area (Å²) in [5, 5.41) is 8.62. The Labute approximate surface area is 89.9 Å². The van der Waals surface area contributed by atoms with E-state index in [2.05, 4.69) is 4.72 Å². The van der Waals surface area contributed by atoms with E-state index in [0.717, 1.165) is 0 Å². The van der Waals surface area contributed by atoms with Gasteiger partial charge in [-0.25, -0.2) is 8.42 Å². The van der Waals surface area contributed by atoms with Gasteiger partial charge in [0.1, 0.15) is 5.54 Å². The summed E-state index contributed by atoms with van der Waals surface area (Å²) in [4.78, 5) is 11.0. The van der Waals surface area contributed by atoms with Crippen LogP contribution in [0.3, 0.4) is 0 Å². The van der Waals surface area contributed by atoms with Crippen molar-refractivity contribution < 1.29 is 18.3 Å². The molecule has 1 saturated carbocycles. The van der Waals surface area contributed by atoms with E-state index in [9.17, 15) is 13.2 Å². The number of sulfonamides is 1. The van der Waals surface area contributed by atoms with Crippen molar-refractivity contribution in [2.45, 2.75) is 50.3 Å². The summed E-state index contributed by atoms with van der Waals surface area (Å²) in [5.74, 6) is -1.12. The molecule has 0 radical (unpaired) electrons. The van der Waals surface area contributed by atoms with Crippen LogP contribution in [0.4, 0.5) is 0 Å². The van der Waals surface area contributed by atoms with Crippen LogP contribution in [0.5, 0.6) is 0 Å². The smallest absolute Gasteiger partial charge is 0.324 e. The molecule has 0 aromatic rings. The molecular formula is C9H17NO4S. The number of nitrogens with one attached hydrogen (secondary N) is 1. The lowest BCUT2D eigenvalue weighted by Gasteiger charge is -2.25. The summed E-state index contributed by atoms with van der Waals surface area (Å²) >= 11 is 0. The van der Waals surface area contributed by atoms with Crippen molar-refractivity contribution in [3.63, 3.8) is 0 Å². The van der Waals surface area contributed by atoms with Gasteiger partial charge in [-0.05, 0) is 26.2 Å². The van der Waals surface area contributed by atoms with Crippen LogP contribution in [-0.4, -0.2) is 30.3 Å². The van der Waals surface area contributed by atoms with Gasteiger partial charge in [-0.1, -0.05) is 13.3 Å². The van der Waals surface area contributed by atoms with E-state index in [1.165, 1.54) is 6.92 Å². The molecule has 0 bridgehead atoms. The predicted molar refractivity (Wildman–Crippen MR) is 56.0 cm³/mol. The molecule has 0 aliphatic heterocycles. The van der Waals surface area contributed by atoms with Crippen LogP contribution in [0.25, 0.3) is 0 Å². The lowest BCUT2D eigenvalue weighted by atomic mass is 9.98. The SMILES string of the molecule is CCCC(C)(NS(=O)(=O)C1CC1)C(=O)O. The molecule has 0 saturated heterocycles. The molecule has 2 N–H and O–H groups in total. The van der Waals surface area contributed by atoms with Gasteiger partial charge in [-0.3, -0.25) is 4.79 Å².